The molecule has 3 aromatic rings. The molecule has 126 valence electrons. The van der Waals surface area contributed by atoms with Crippen LogP contribution in [0.25, 0.3) is 0 Å². The molecule has 0 radical (unpaired) electrons. The third-order valence-electron chi connectivity index (χ3n) is 3.24. The largest absolute Gasteiger partial charge is 0.322 e. The van der Waals surface area contributed by atoms with Crippen molar-refractivity contribution in [1.29, 1.82) is 0 Å². The van der Waals surface area contributed by atoms with Crippen LogP contribution in [0.3, 0.4) is 0 Å². The number of anilines is 2. The molecule has 0 bridgehead atoms. The Balaban J connectivity index is 1.66. The first-order chi connectivity index (χ1) is 12.0. The number of carbonyl (C=O) groups excluding carboxylic acids is 2. The van der Waals surface area contributed by atoms with E-state index in [0.29, 0.717) is 16.4 Å². The maximum atomic E-state index is 13.2. The number of nitrogens with one attached hydrogen (secondary N) is 2. The van der Waals surface area contributed by atoms with Gasteiger partial charge < -0.3 is 5.32 Å². The van der Waals surface area contributed by atoms with Gasteiger partial charge in [0.15, 0.2) is 16.8 Å². The Labute approximate surface area is 145 Å². The number of thiazole rings is 1. The van der Waals surface area contributed by atoms with E-state index in [2.05, 4.69) is 15.6 Å². The van der Waals surface area contributed by atoms with Gasteiger partial charge in [0.1, 0.15) is 0 Å². The first kappa shape index (κ1) is 16.7. The number of hydrogen-bond acceptors (Lipinski definition) is 4. The summed E-state index contributed by atoms with van der Waals surface area (Å²) in [6, 6.07) is 9.02. The predicted molar refractivity (Wildman–Crippen MR) is 90.8 cm³/mol. The Morgan fingerprint density at radius 1 is 0.880 bits per heavy atom. The molecule has 1 heterocycles. The van der Waals surface area contributed by atoms with Crippen LogP contribution < -0.4 is 10.6 Å². The van der Waals surface area contributed by atoms with Gasteiger partial charge in [-0.15, -0.1) is 11.3 Å². The molecule has 2 aromatic carbocycles. The molecule has 5 nitrogen and oxygen atoms in total. The molecule has 0 aliphatic heterocycles. The van der Waals surface area contributed by atoms with Crippen molar-refractivity contribution in [1.82, 2.24) is 4.98 Å². The Morgan fingerprint density at radius 3 is 2.20 bits per heavy atom. The predicted octanol–water partition coefficient (Wildman–Crippen LogP) is 3.93. The van der Waals surface area contributed by atoms with E-state index in [4.69, 9.17) is 0 Å². The van der Waals surface area contributed by atoms with Crippen LogP contribution in [0.1, 0.15) is 20.7 Å². The molecule has 0 fully saturated rings. The number of hydrogen-bond donors (Lipinski definition) is 2. The first-order valence-corrected chi connectivity index (χ1v) is 7.98. The lowest BCUT2D eigenvalue weighted by Crippen LogP contribution is -2.14. The number of carbonyl (C=O) groups is 2. The lowest BCUT2D eigenvalue weighted by atomic mass is 10.1. The summed E-state index contributed by atoms with van der Waals surface area (Å²) >= 11 is 1.30. The van der Waals surface area contributed by atoms with Gasteiger partial charge in [0, 0.05) is 28.4 Å². The molecule has 0 aliphatic rings. The molecule has 2 amide bonds. The second-order valence-corrected chi connectivity index (χ2v) is 5.85. The highest BCUT2D eigenvalue weighted by Crippen LogP contribution is 2.16. The zero-order valence-electron chi connectivity index (χ0n) is 12.6. The van der Waals surface area contributed by atoms with Crippen molar-refractivity contribution in [3.05, 3.63) is 76.8 Å². The van der Waals surface area contributed by atoms with Gasteiger partial charge in [-0.3, -0.25) is 14.9 Å². The molecule has 8 heteroatoms. The van der Waals surface area contributed by atoms with Gasteiger partial charge in [0.25, 0.3) is 11.8 Å². The maximum Gasteiger partial charge on any atom is 0.257 e. The number of halogens is 2. The van der Waals surface area contributed by atoms with E-state index < -0.39 is 17.5 Å². The van der Waals surface area contributed by atoms with Crippen LogP contribution >= 0.6 is 11.3 Å². The summed E-state index contributed by atoms with van der Waals surface area (Å²) in [6.07, 6.45) is 1.58. The van der Waals surface area contributed by atoms with E-state index in [1.807, 2.05) is 0 Å². The zero-order valence-corrected chi connectivity index (χ0v) is 13.4. The standard InChI is InChI=1S/C17H11F2N3O2S/c18-13-6-3-11(9-14(13)19)16(24)21-12-4-1-10(2-5-12)15(23)22-17-20-7-8-25-17/h1-9H,(H,21,24)(H,20,22,23). The average Bonchev–Trinajstić information content (AvgIpc) is 3.11. The lowest BCUT2D eigenvalue weighted by molar-refractivity contribution is 0.101. The van der Waals surface area contributed by atoms with Crippen molar-refractivity contribution in [3.63, 3.8) is 0 Å². The van der Waals surface area contributed by atoms with Crippen molar-refractivity contribution in [2.45, 2.75) is 0 Å². The average molecular weight is 359 g/mol. The number of nitrogens with zero attached hydrogens (tertiary/aromatic N) is 1. The molecular formula is C17H11F2N3O2S. The van der Waals surface area contributed by atoms with Crippen molar-refractivity contribution in [3.8, 4) is 0 Å². The second kappa shape index (κ2) is 7.18. The van der Waals surface area contributed by atoms with Gasteiger partial charge in [-0.1, -0.05) is 0 Å². The fraction of sp³-hybridized carbons (Fsp3) is 0. The fourth-order valence-electron chi connectivity index (χ4n) is 2.00. The Hall–Kier alpha value is -3.13. The fourth-order valence-corrected chi connectivity index (χ4v) is 2.52. The number of aromatic nitrogens is 1. The first-order valence-electron chi connectivity index (χ1n) is 7.10. The van der Waals surface area contributed by atoms with Gasteiger partial charge in [-0.2, -0.15) is 0 Å². The molecule has 1 aromatic heterocycles. The highest BCUT2D eigenvalue weighted by Gasteiger charge is 2.11. The van der Waals surface area contributed by atoms with Gasteiger partial charge in [-0.25, -0.2) is 13.8 Å². The molecule has 0 aliphatic carbocycles. The number of amides is 2. The van der Waals surface area contributed by atoms with Gasteiger partial charge >= 0.3 is 0 Å². The van der Waals surface area contributed by atoms with E-state index in [-0.39, 0.29) is 11.5 Å². The van der Waals surface area contributed by atoms with E-state index in [1.165, 1.54) is 41.7 Å². The van der Waals surface area contributed by atoms with Crippen molar-refractivity contribution in [2.24, 2.45) is 0 Å². The number of benzene rings is 2. The van der Waals surface area contributed by atoms with Crippen LogP contribution in [0.5, 0.6) is 0 Å². The minimum absolute atomic E-state index is 0.00973. The third kappa shape index (κ3) is 4.04. The van der Waals surface area contributed by atoms with Crippen molar-refractivity contribution < 1.29 is 18.4 Å². The van der Waals surface area contributed by atoms with Crippen molar-refractivity contribution in [2.75, 3.05) is 10.6 Å². The molecule has 3 rings (SSSR count). The Morgan fingerprint density at radius 2 is 1.56 bits per heavy atom. The molecule has 0 spiro atoms. The van der Waals surface area contributed by atoms with Crippen molar-refractivity contribution >= 4 is 34.0 Å². The second-order valence-electron chi connectivity index (χ2n) is 4.95. The quantitative estimate of drug-likeness (QED) is 0.742. The summed E-state index contributed by atoms with van der Waals surface area (Å²) in [4.78, 5) is 28.0. The van der Waals surface area contributed by atoms with E-state index >= 15 is 0 Å². The Bertz CT molecular complexity index is 912. The topological polar surface area (TPSA) is 71.1 Å². The molecule has 25 heavy (non-hydrogen) atoms. The highest BCUT2D eigenvalue weighted by molar-refractivity contribution is 7.13. The zero-order chi connectivity index (χ0) is 17.8. The van der Waals surface area contributed by atoms with E-state index in [9.17, 15) is 18.4 Å². The van der Waals surface area contributed by atoms with Crippen LogP contribution in [0.2, 0.25) is 0 Å². The summed E-state index contributed by atoms with van der Waals surface area (Å²) in [5.74, 6) is -3.03. The molecule has 0 saturated carbocycles. The summed E-state index contributed by atoms with van der Waals surface area (Å²) < 4.78 is 26.1. The SMILES string of the molecule is O=C(Nc1ccc(C(=O)Nc2nccs2)cc1)c1ccc(F)c(F)c1. The van der Waals surface area contributed by atoms with Crippen LogP contribution in [-0.4, -0.2) is 16.8 Å². The molecule has 0 unspecified atom stereocenters. The Kier molecular flexibility index (Phi) is 4.80. The molecular weight excluding hydrogens is 348 g/mol. The van der Waals surface area contributed by atoms with Crippen LogP contribution in [0.4, 0.5) is 19.6 Å². The molecule has 2 N–H and O–H groups in total. The third-order valence-corrected chi connectivity index (χ3v) is 3.93. The monoisotopic (exact) mass is 359 g/mol. The minimum Gasteiger partial charge on any atom is -0.322 e. The van der Waals surface area contributed by atoms with Gasteiger partial charge in [0.2, 0.25) is 0 Å². The lowest BCUT2D eigenvalue weighted by Gasteiger charge is -2.07. The van der Waals surface area contributed by atoms with E-state index in [0.717, 1.165) is 12.1 Å². The summed E-state index contributed by atoms with van der Waals surface area (Å²) in [5, 5.41) is 7.42. The smallest absolute Gasteiger partial charge is 0.257 e. The molecule has 0 saturated heterocycles. The van der Waals surface area contributed by atoms with Crippen LogP contribution in [0.15, 0.2) is 54.0 Å². The van der Waals surface area contributed by atoms with Gasteiger partial charge in [0.05, 0.1) is 0 Å². The maximum absolute atomic E-state index is 13.2. The minimum atomic E-state index is -1.10. The normalized spacial score (nSPS) is 10.3. The summed E-state index contributed by atoms with van der Waals surface area (Å²) in [7, 11) is 0. The van der Waals surface area contributed by atoms with E-state index in [1.54, 1.807) is 11.6 Å². The molecule has 0 atom stereocenters. The number of rotatable bonds is 4. The van der Waals surface area contributed by atoms with Crippen LogP contribution in [0, 0.1) is 11.6 Å². The van der Waals surface area contributed by atoms with Gasteiger partial charge in [-0.05, 0) is 42.5 Å². The summed E-state index contributed by atoms with van der Waals surface area (Å²) in [5.41, 5.74) is 0.797. The summed E-state index contributed by atoms with van der Waals surface area (Å²) in [6.45, 7) is 0. The van der Waals surface area contributed by atoms with Crippen LogP contribution in [-0.2, 0) is 0 Å². The highest BCUT2D eigenvalue weighted by atomic mass is 32.1.